The molecule has 0 aliphatic heterocycles. The molecule has 0 aromatic rings. The Morgan fingerprint density at radius 3 is 1.45 bits per heavy atom. The van der Waals surface area contributed by atoms with Gasteiger partial charge in [-0.05, 0) is 38.5 Å². The van der Waals surface area contributed by atoms with Crippen LogP contribution in [-0.2, 0) is 19.1 Å². The number of carbonyl (C=O) groups is 2. The van der Waals surface area contributed by atoms with E-state index in [9.17, 15) is 19.8 Å². The van der Waals surface area contributed by atoms with Crippen LogP contribution in [-0.4, -0.2) is 47.6 Å². The van der Waals surface area contributed by atoms with Crippen LogP contribution in [0.3, 0.4) is 0 Å². The number of esters is 2. The molecule has 0 aromatic heterocycles. The maximum Gasteiger partial charge on any atom is 0.309 e. The molecule has 0 heterocycles. The molecular weight excluding hydrogens is 288 g/mol. The molecule has 2 unspecified atom stereocenters. The average Bonchev–Trinajstić information content (AvgIpc) is 2.56. The number of hydrogen-bond acceptors (Lipinski definition) is 6. The van der Waals surface area contributed by atoms with Gasteiger partial charge in [-0.15, -0.1) is 0 Å². The Morgan fingerprint density at radius 1 is 0.864 bits per heavy atom. The minimum atomic E-state index is -0.611. The first kappa shape index (κ1) is 18.9. The van der Waals surface area contributed by atoms with Crippen molar-refractivity contribution < 1.29 is 29.3 Å². The Hall–Kier alpha value is -1.14. The van der Waals surface area contributed by atoms with Crippen molar-refractivity contribution in [2.75, 3.05) is 13.2 Å². The van der Waals surface area contributed by atoms with Crippen LogP contribution >= 0.6 is 0 Å². The van der Waals surface area contributed by atoms with Gasteiger partial charge in [0.2, 0.25) is 0 Å². The molecule has 1 rings (SSSR count). The summed E-state index contributed by atoms with van der Waals surface area (Å²) in [5, 5.41) is 18.8. The topological polar surface area (TPSA) is 93.1 Å². The van der Waals surface area contributed by atoms with E-state index in [2.05, 4.69) is 0 Å². The van der Waals surface area contributed by atoms with E-state index < -0.39 is 12.2 Å². The molecule has 0 bridgehead atoms. The second kappa shape index (κ2) is 9.79. The minimum Gasteiger partial charge on any atom is -0.463 e. The number of aliphatic hydroxyl groups excluding tert-OH is 2. The first-order valence-corrected chi connectivity index (χ1v) is 8.17. The lowest BCUT2D eigenvalue weighted by Crippen LogP contribution is -2.30. The SMILES string of the molecule is CCC(O)COC(=O)C1CCC(C(=O)OCC(O)CC)CC1. The quantitative estimate of drug-likeness (QED) is 0.658. The molecule has 0 aromatic carbocycles. The molecule has 6 heteroatoms. The van der Waals surface area contributed by atoms with Gasteiger partial charge in [-0.3, -0.25) is 9.59 Å². The van der Waals surface area contributed by atoms with Crippen LogP contribution in [0.1, 0.15) is 52.4 Å². The Kier molecular flexibility index (Phi) is 8.42. The van der Waals surface area contributed by atoms with Crippen molar-refractivity contribution in [2.24, 2.45) is 11.8 Å². The van der Waals surface area contributed by atoms with Crippen molar-refractivity contribution in [1.29, 1.82) is 0 Å². The Labute approximate surface area is 131 Å². The molecule has 2 atom stereocenters. The Bertz CT molecular complexity index is 315. The molecule has 0 radical (unpaired) electrons. The van der Waals surface area contributed by atoms with Gasteiger partial charge < -0.3 is 19.7 Å². The summed E-state index contributed by atoms with van der Waals surface area (Å²) in [4.78, 5) is 23.7. The molecule has 0 saturated heterocycles. The van der Waals surface area contributed by atoms with Crippen molar-refractivity contribution in [3.05, 3.63) is 0 Å². The third-order valence-corrected chi connectivity index (χ3v) is 4.17. The molecule has 22 heavy (non-hydrogen) atoms. The largest absolute Gasteiger partial charge is 0.463 e. The van der Waals surface area contributed by atoms with Gasteiger partial charge in [0.1, 0.15) is 13.2 Å². The summed E-state index contributed by atoms with van der Waals surface area (Å²) >= 11 is 0. The molecule has 6 nitrogen and oxygen atoms in total. The van der Waals surface area contributed by atoms with Gasteiger partial charge in [0.05, 0.1) is 24.0 Å². The van der Waals surface area contributed by atoms with Crippen LogP contribution in [0.2, 0.25) is 0 Å². The number of ether oxygens (including phenoxy) is 2. The highest BCUT2D eigenvalue weighted by Gasteiger charge is 2.32. The smallest absolute Gasteiger partial charge is 0.309 e. The number of carbonyl (C=O) groups excluding carboxylic acids is 2. The van der Waals surface area contributed by atoms with Gasteiger partial charge in [0.15, 0.2) is 0 Å². The fourth-order valence-electron chi connectivity index (χ4n) is 2.39. The molecular formula is C16H28O6. The van der Waals surface area contributed by atoms with E-state index in [1.165, 1.54) is 0 Å². The second-order valence-electron chi connectivity index (χ2n) is 5.93. The fraction of sp³-hybridized carbons (Fsp3) is 0.875. The highest BCUT2D eigenvalue weighted by Crippen LogP contribution is 2.30. The standard InChI is InChI=1S/C16H28O6/c1-3-13(17)9-21-15(19)11-5-7-12(8-6-11)16(20)22-10-14(18)4-2/h11-14,17-18H,3-10H2,1-2H3. The third-order valence-electron chi connectivity index (χ3n) is 4.17. The summed E-state index contributed by atoms with van der Waals surface area (Å²) < 4.78 is 10.2. The van der Waals surface area contributed by atoms with E-state index in [-0.39, 0.29) is 37.0 Å². The zero-order valence-corrected chi connectivity index (χ0v) is 13.5. The van der Waals surface area contributed by atoms with Gasteiger partial charge >= 0.3 is 11.9 Å². The molecule has 1 fully saturated rings. The highest BCUT2D eigenvalue weighted by molar-refractivity contribution is 5.75. The van der Waals surface area contributed by atoms with Gasteiger partial charge in [-0.2, -0.15) is 0 Å². The van der Waals surface area contributed by atoms with Crippen LogP contribution < -0.4 is 0 Å². The Balaban J connectivity index is 2.27. The zero-order chi connectivity index (χ0) is 16.5. The van der Waals surface area contributed by atoms with E-state index in [4.69, 9.17) is 9.47 Å². The van der Waals surface area contributed by atoms with Gasteiger partial charge in [0.25, 0.3) is 0 Å². The van der Waals surface area contributed by atoms with Gasteiger partial charge in [-0.1, -0.05) is 13.8 Å². The number of aliphatic hydroxyl groups is 2. The molecule has 1 saturated carbocycles. The van der Waals surface area contributed by atoms with Gasteiger partial charge in [0, 0.05) is 0 Å². The van der Waals surface area contributed by atoms with Crippen LogP contribution in [0, 0.1) is 11.8 Å². The first-order valence-electron chi connectivity index (χ1n) is 8.17. The van der Waals surface area contributed by atoms with E-state index in [0.717, 1.165) is 0 Å². The lowest BCUT2D eigenvalue weighted by atomic mass is 9.82. The van der Waals surface area contributed by atoms with E-state index in [1.54, 1.807) is 0 Å². The van der Waals surface area contributed by atoms with Crippen LogP contribution in [0.4, 0.5) is 0 Å². The Morgan fingerprint density at radius 2 is 1.18 bits per heavy atom. The predicted octanol–water partition coefficient (Wildman–Crippen LogP) is 1.42. The van der Waals surface area contributed by atoms with Crippen molar-refractivity contribution >= 4 is 11.9 Å². The predicted molar refractivity (Wildman–Crippen MR) is 80.0 cm³/mol. The summed E-state index contributed by atoms with van der Waals surface area (Å²) in [7, 11) is 0. The minimum absolute atomic E-state index is 0.0339. The van der Waals surface area contributed by atoms with Crippen LogP contribution in [0.5, 0.6) is 0 Å². The maximum atomic E-state index is 11.9. The fourth-order valence-corrected chi connectivity index (χ4v) is 2.39. The molecule has 1 aliphatic carbocycles. The van der Waals surface area contributed by atoms with Crippen molar-refractivity contribution in [3.63, 3.8) is 0 Å². The second-order valence-corrected chi connectivity index (χ2v) is 5.93. The first-order chi connectivity index (χ1) is 10.5. The summed E-state index contributed by atoms with van der Waals surface area (Å²) in [5.41, 5.74) is 0. The van der Waals surface area contributed by atoms with Crippen molar-refractivity contribution in [2.45, 2.75) is 64.6 Å². The maximum absolute atomic E-state index is 11.9. The summed E-state index contributed by atoms with van der Waals surface area (Å²) in [6.07, 6.45) is 2.26. The number of rotatable bonds is 8. The lowest BCUT2D eigenvalue weighted by Gasteiger charge is -2.26. The van der Waals surface area contributed by atoms with Gasteiger partial charge in [-0.25, -0.2) is 0 Å². The van der Waals surface area contributed by atoms with E-state index >= 15 is 0 Å². The van der Waals surface area contributed by atoms with Crippen LogP contribution in [0.25, 0.3) is 0 Å². The average molecular weight is 316 g/mol. The normalized spacial score (nSPS) is 24.4. The van der Waals surface area contributed by atoms with E-state index in [1.807, 2.05) is 13.8 Å². The summed E-state index contributed by atoms with van der Waals surface area (Å²) in [6.45, 7) is 3.72. The zero-order valence-electron chi connectivity index (χ0n) is 13.5. The molecule has 1 aliphatic rings. The highest BCUT2D eigenvalue weighted by atomic mass is 16.5. The summed E-state index contributed by atoms with van der Waals surface area (Å²) in [6, 6.07) is 0. The number of hydrogen-bond donors (Lipinski definition) is 2. The van der Waals surface area contributed by atoms with Crippen LogP contribution in [0.15, 0.2) is 0 Å². The molecule has 128 valence electrons. The lowest BCUT2D eigenvalue weighted by molar-refractivity contribution is -0.158. The van der Waals surface area contributed by atoms with Crippen molar-refractivity contribution in [1.82, 2.24) is 0 Å². The molecule has 0 spiro atoms. The van der Waals surface area contributed by atoms with Crippen molar-refractivity contribution in [3.8, 4) is 0 Å². The van der Waals surface area contributed by atoms with E-state index in [0.29, 0.717) is 38.5 Å². The third kappa shape index (κ3) is 6.32. The molecule has 0 amide bonds. The monoisotopic (exact) mass is 316 g/mol. The summed E-state index contributed by atoms with van der Waals surface area (Å²) in [5.74, 6) is -0.981. The molecule has 2 N–H and O–H groups in total.